The van der Waals surface area contributed by atoms with E-state index in [1.54, 1.807) is 9.25 Å². The Balaban J connectivity index is 1.80. The summed E-state index contributed by atoms with van der Waals surface area (Å²) in [6, 6.07) is 8.63. The normalized spacial score (nSPS) is 22.0. The van der Waals surface area contributed by atoms with Crippen LogP contribution in [-0.4, -0.2) is 43.5 Å². The number of rotatable bonds is 4. The number of hydrogen-bond acceptors (Lipinski definition) is 5. The van der Waals surface area contributed by atoms with Crippen molar-refractivity contribution in [2.45, 2.75) is 39.3 Å². The molecule has 1 aliphatic rings. The van der Waals surface area contributed by atoms with Gasteiger partial charge in [-0.3, -0.25) is 4.90 Å². The Morgan fingerprint density at radius 3 is 2.79 bits per heavy atom. The fourth-order valence-electron chi connectivity index (χ4n) is 3.07. The van der Waals surface area contributed by atoms with Crippen LogP contribution in [0.4, 0.5) is 0 Å². The third-order valence-corrected chi connectivity index (χ3v) is 5.17. The minimum atomic E-state index is -0.113. The van der Waals surface area contributed by atoms with Crippen LogP contribution in [0.1, 0.15) is 30.0 Å². The summed E-state index contributed by atoms with van der Waals surface area (Å²) < 4.78 is 10.2. The molecular weight excluding hydrogens is 324 g/mol. The molecule has 0 saturated carbocycles. The summed E-state index contributed by atoms with van der Waals surface area (Å²) in [5.41, 5.74) is 2.48. The molecule has 1 aromatic carbocycles. The molecule has 0 aliphatic carbocycles. The molecule has 2 unspecified atom stereocenters. The zero-order valence-electron chi connectivity index (χ0n) is 14.3. The lowest BCUT2D eigenvalue weighted by Crippen LogP contribution is -2.46. The Bertz CT molecular complexity index is 770. The third kappa shape index (κ3) is 3.30. The molecule has 1 aromatic heterocycles. The van der Waals surface area contributed by atoms with Gasteiger partial charge in [-0.05, 0) is 37.2 Å². The smallest absolute Gasteiger partial charge is 0.198 e. The minimum Gasteiger partial charge on any atom is -0.388 e. The highest BCUT2D eigenvalue weighted by Gasteiger charge is 2.28. The first kappa shape index (κ1) is 17.3. The fourth-order valence-corrected chi connectivity index (χ4v) is 3.28. The first-order valence-electron chi connectivity index (χ1n) is 8.16. The molecule has 0 radical (unpaired) electrons. The fraction of sp³-hybridized carbons (Fsp3) is 0.529. The summed E-state index contributed by atoms with van der Waals surface area (Å²) in [7, 11) is 1.83. The molecule has 1 saturated heterocycles. The molecule has 0 spiro atoms. The second-order valence-corrected chi connectivity index (χ2v) is 6.72. The Morgan fingerprint density at radius 1 is 1.38 bits per heavy atom. The predicted molar refractivity (Wildman–Crippen MR) is 94.0 cm³/mol. The van der Waals surface area contributed by atoms with Crippen molar-refractivity contribution in [1.82, 2.24) is 19.2 Å². The maximum absolute atomic E-state index is 9.36. The average Bonchev–Trinajstić information content (AvgIpc) is 2.85. The van der Waals surface area contributed by atoms with Crippen molar-refractivity contribution >= 4 is 12.2 Å². The molecule has 2 aromatic rings. The summed E-state index contributed by atoms with van der Waals surface area (Å²) in [6.45, 7) is 6.21. The Hall–Kier alpha value is -1.54. The molecule has 3 rings (SSSR count). The summed E-state index contributed by atoms with van der Waals surface area (Å²) >= 11 is 5.43. The first-order chi connectivity index (χ1) is 11.5. The summed E-state index contributed by atoms with van der Waals surface area (Å²) in [4.78, 5) is 2.32. The van der Waals surface area contributed by atoms with E-state index in [0.29, 0.717) is 23.9 Å². The van der Waals surface area contributed by atoms with Crippen LogP contribution in [0, 0.1) is 11.7 Å². The van der Waals surface area contributed by atoms with E-state index in [2.05, 4.69) is 42.0 Å². The topological polar surface area (TPSA) is 55.5 Å². The lowest BCUT2D eigenvalue weighted by Gasteiger charge is -2.38. The molecular formula is C17H24N4O2S. The molecule has 0 amide bonds. The number of hydrogen-bond donors (Lipinski definition) is 1. The number of aryl methyl sites for hydroxylation is 1. The zero-order chi connectivity index (χ0) is 17.3. The Morgan fingerprint density at radius 2 is 2.12 bits per heavy atom. The van der Waals surface area contributed by atoms with Gasteiger partial charge in [-0.1, -0.05) is 24.3 Å². The number of aliphatic hydroxyl groups excluding tert-OH is 1. The van der Waals surface area contributed by atoms with Crippen molar-refractivity contribution in [3.05, 3.63) is 46.0 Å². The number of nitrogens with zero attached hydrogens (tertiary/aromatic N) is 4. The van der Waals surface area contributed by atoms with Crippen molar-refractivity contribution in [2.24, 2.45) is 7.05 Å². The van der Waals surface area contributed by atoms with E-state index in [1.165, 1.54) is 11.1 Å². The van der Waals surface area contributed by atoms with Gasteiger partial charge >= 0.3 is 0 Å². The minimum absolute atomic E-state index is 0.0533. The average molecular weight is 348 g/mol. The zero-order valence-corrected chi connectivity index (χ0v) is 15.2. The predicted octanol–water partition coefficient (Wildman–Crippen LogP) is 2.17. The molecule has 24 heavy (non-hydrogen) atoms. The Kier molecular flexibility index (Phi) is 5.15. The van der Waals surface area contributed by atoms with Crippen LogP contribution < -0.4 is 0 Å². The highest BCUT2D eigenvalue weighted by molar-refractivity contribution is 7.71. The molecule has 1 N–H and O–H groups in total. The van der Waals surface area contributed by atoms with E-state index in [1.807, 2.05) is 13.1 Å². The van der Waals surface area contributed by atoms with E-state index in [4.69, 9.17) is 17.0 Å². The molecule has 6 nitrogen and oxygen atoms in total. The van der Waals surface area contributed by atoms with E-state index in [0.717, 1.165) is 6.54 Å². The highest BCUT2D eigenvalue weighted by Crippen LogP contribution is 2.27. The van der Waals surface area contributed by atoms with E-state index in [-0.39, 0.29) is 18.8 Å². The highest BCUT2D eigenvalue weighted by atomic mass is 32.1. The molecule has 1 fully saturated rings. The summed E-state index contributed by atoms with van der Waals surface area (Å²) in [5, 5.41) is 13.8. The van der Waals surface area contributed by atoms with E-state index >= 15 is 0 Å². The van der Waals surface area contributed by atoms with Crippen LogP contribution in [0.2, 0.25) is 0 Å². The molecule has 0 bridgehead atoms. The number of benzene rings is 1. The van der Waals surface area contributed by atoms with Crippen LogP contribution in [0.25, 0.3) is 0 Å². The molecule has 130 valence electrons. The van der Waals surface area contributed by atoms with Crippen LogP contribution >= 0.6 is 12.2 Å². The van der Waals surface area contributed by atoms with Gasteiger partial charge in [0.25, 0.3) is 0 Å². The van der Waals surface area contributed by atoms with Crippen LogP contribution in [0.5, 0.6) is 0 Å². The molecule has 2 atom stereocenters. The third-order valence-electron chi connectivity index (χ3n) is 4.69. The van der Waals surface area contributed by atoms with Gasteiger partial charge in [-0.2, -0.15) is 5.10 Å². The van der Waals surface area contributed by atoms with Gasteiger partial charge < -0.3 is 14.4 Å². The number of aliphatic hydroxyl groups is 1. The summed E-state index contributed by atoms with van der Waals surface area (Å²) in [5.74, 6) is 0.580. The van der Waals surface area contributed by atoms with Crippen molar-refractivity contribution < 1.29 is 9.84 Å². The van der Waals surface area contributed by atoms with Gasteiger partial charge in [0, 0.05) is 19.6 Å². The SMILES string of the molecule is Cc1ccccc1C1CN(Cn2nc(CO)n(C)c2=S)C(C)CO1. The van der Waals surface area contributed by atoms with Crippen molar-refractivity contribution in [3.8, 4) is 0 Å². The van der Waals surface area contributed by atoms with Crippen molar-refractivity contribution in [2.75, 3.05) is 13.2 Å². The standard InChI is InChI=1S/C17H24N4O2S/c1-12-6-4-5-7-14(12)15-8-20(13(2)10-23-15)11-21-17(24)19(3)16(9-22)18-21/h4-7,13,15,22H,8-11H2,1-3H3. The van der Waals surface area contributed by atoms with Crippen LogP contribution in [0.15, 0.2) is 24.3 Å². The van der Waals surface area contributed by atoms with Crippen molar-refractivity contribution in [1.29, 1.82) is 0 Å². The number of ether oxygens (including phenoxy) is 1. The maximum Gasteiger partial charge on any atom is 0.198 e. The van der Waals surface area contributed by atoms with Crippen molar-refractivity contribution in [3.63, 3.8) is 0 Å². The van der Waals surface area contributed by atoms with Gasteiger partial charge in [0.2, 0.25) is 0 Å². The molecule has 1 aliphatic heterocycles. The van der Waals surface area contributed by atoms with Gasteiger partial charge in [0.1, 0.15) is 6.61 Å². The second-order valence-electron chi connectivity index (χ2n) is 6.36. The first-order valence-corrected chi connectivity index (χ1v) is 8.56. The van der Waals surface area contributed by atoms with E-state index < -0.39 is 0 Å². The largest absolute Gasteiger partial charge is 0.388 e. The Labute approximate surface area is 147 Å². The molecule has 2 heterocycles. The van der Waals surface area contributed by atoms with Gasteiger partial charge in [-0.25, -0.2) is 4.68 Å². The molecule has 7 heteroatoms. The quantitative estimate of drug-likeness (QED) is 0.858. The van der Waals surface area contributed by atoms with E-state index in [9.17, 15) is 5.11 Å². The van der Waals surface area contributed by atoms with Gasteiger partial charge in [0.05, 0.1) is 19.4 Å². The monoisotopic (exact) mass is 348 g/mol. The van der Waals surface area contributed by atoms with Gasteiger partial charge in [-0.15, -0.1) is 0 Å². The lowest BCUT2D eigenvalue weighted by molar-refractivity contribution is -0.0729. The van der Waals surface area contributed by atoms with Crippen LogP contribution in [-0.2, 0) is 25.1 Å². The second kappa shape index (κ2) is 7.14. The number of morpholine rings is 1. The summed E-state index contributed by atoms with van der Waals surface area (Å²) in [6.07, 6.45) is 0.0533. The van der Waals surface area contributed by atoms with Crippen LogP contribution in [0.3, 0.4) is 0 Å². The lowest BCUT2D eigenvalue weighted by atomic mass is 10.0. The van der Waals surface area contributed by atoms with Gasteiger partial charge in [0.15, 0.2) is 10.6 Å². The number of aromatic nitrogens is 3. The maximum atomic E-state index is 9.36.